The zero-order chi connectivity index (χ0) is 28.7. The molecule has 0 saturated carbocycles. The lowest BCUT2D eigenvalue weighted by molar-refractivity contribution is -0.137. The monoisotopic (exact) mass is 567 g/mol. The molecule has 0 bridgehead atoms. The number of nitrogens with two attached hydrogens (primary N) is 1. The maximum Gasteiger partial charge on any atom is 0.416 e. The molecule has 0 aliphatic rings. The molecule has 0 unspecified atom stereocenters. The van der Waals surface area contributed by atoms with Gasteiger partial charge in [0.25, 0.3) is 5.91 Å². The normalized spacial score (nSPS) is 11.9. The number of imidazole rings is 1. The van der Waals surface area contributed by atoms with Crippen LogP contribution in [0.3, 0.4) is 0 Å². The Hall–Kier alpha value is -4.82. The van der Waals surface area contributed by atoms with Crippen LogP contribution in [0.25, 0.3) is 22.6 Å². The van der Waals surface area contributed by atoms with E-state index < -0.39 is 27.7 Å². The molecule has 5 rings (SSSR count). The zero-order valence-corrected chi connectivity index (χ0v) is 21.5. The van der Waals surface area contributed by atoms with Gasteiger partial charge in [-0.3, -0.25) is 4.79 Å². The van der Waals surface area contributed by atoms with E-state index in [-0.39, 0.29) is 16.1 Å². The molecule has 0 radical (unpaired) electrons. The number of hydrogen-bond donors (Lipinski definition) is 2. The summed E-state index contributed by atoms with van der Waals surface area (Å²) in [5.74, 6) is -0.736. The van der Waals surface area contributed by atoms with Crippen LogP contribution < -0.4 is 10.5 Å². The number of benzene rings is 3. The molecule has 14 heteroatoms. The second-order valence-corrected chi connectivity index (χ2v) is 10.4. The highest BCUT2D eigenvalue weighted by atomic mass is 32.2. The molecular weight excluding hydrogens is 547 g/mol. The molecule has 0 spiro atoms. The molecule has 0 aliphatic carbocycles. The summed E-state index contributed by atoms with van der Waals surface area (Å²) >= 11 is 0. The van der Waals surface area contributed by atoms with Crippen LogP contribution in [0.5, 0.6) is 0 Å². The quantitative estimate of drug-likeness (QED) is 0.313. The fourth-order valence-corrected chi connectivity index (χ4v) is 4.40. The summed E-state index contributed by atoms with van der Waals surface area (Å²) in [4.78, 5) is 17.0. The van der Waals surface area contributed by atoms with Crippen LogP contribution in [0.1, 0.15) is 21.6 Å². The van der Waals surface area contributed by atoms with E-state index in [9.17, 15) is 26.4 Å². The number of aryl methyl sites for hydroxylation is 1. The van der Waals surface area contributed by atoms with Gasteiger partial charge in [0.1, 0.15) is 5.69 Å². The van der Waals surface area contributed by atoms with E-state index in [1.807, 2.05) is 0 Å². The number of amides is 1. The Morgan fingerprint density at radius 1 is 0.975 bits per heavy atom. The largest absolute Gasteiger partial charge is 0.416 e. The first-order chi connectivity index (χ1) is 18.9. The highest BCUT2D eigenvalue weighted by molar-refractivity contribution is 7.89. The van der Waals surface area contributed by atoms with Gasteiger partial charge in [0, 0.05) is 28.7 Å². The van der Waals surface area contributed by atoms with Crippen molar-refractivity contribution in [2.75, 3.05) is 5.32 Å². The third-order valence-corrected chi connectivity index (χ3v) is 6.79. The maximum atomic E-state index is 13.6. The van der Waals surface area contributed by atoms with Gasteiger partial charge in [-0.2, -0.15) is 13.2 Å². The molecule has 0 saturated heterocycles. The van der Waals surface area contributed by atoms with Crippen LogP contribution in [-0.4, -0.2) is 38.9 Å². The molecule has 0 atom stereocenters. The number of anilines is 1. The first kappa shape index (κ1) is 26.8. The van der Waals surface area contributed by atoms with Crippen molar-refractivity contribution in [2.24, 2.45) is 5.14 Å². The highest BCUT2D eigenvalue weighted by Gasteiger charge is 2.32. The van der Waals surface area contributed by atoms with Crippen molar-refractivity contribution in [3.05, 3.63) is 102 Å². The summed E-state index contributed by atoms with van der Waals surface area (Å²) in [6, 6.07) is 15.4. The first-order valence-electron chi connectivity index (χ1n) is 11.6. The van der Waals surface area contributed by atoms with Crippen molar-refractivity contribution < 1.29 is 26.4 Å². The van der Waals surface area contributed by atoms with Crippen molar-refractivity contribution >= 4 is 21.6 Å². The van der Waals surface area contributed by atoms with Crippen molar-refractivity contribution in [3.63, 3.8) is 0 Å². The maximum absolute atomic E-state index is 13.6. The number of carbonyl (C=O) groups is 1. The van der Waals surface area contributed by atoms with Gasteiger partial charge in [-0.05, 0) is 61.5 Å². The fourth-order valence-electron chi connectivity index (χ4n) is 3.89. The smallest absolute Gasteiger partial charge is 0.322 e. The van der Waals surface area contributed by atoms with Gasteiger partial charge in [-0.25, -0.2) is 23.2 Å². The van der Waals surface area contributed by atoms with Gasteiger partial charge in [0.05, 0.1) is 34.4 Å². The van der Waals surface area contributed by atoms with Crippen LogP contribution in [-0.2, 0) is 16.2 Å². The van der Waals surface area contributed by atoms with Crippen molar-refractivity contribution in [2.45, 2.75) is 18.0 Å². The van der Waals surface area contributed by atoms with Gasteiger partial charge in [-0.1, -0.05) is 17.3 Å². The molecule has 2 aromatic heterocycles. The fraction of sp³-hybridized carbons (Fsp3) is 0.0769. The zero-order valence-electron chi connectivity index (χ0n) is 20.7. The Morgan fingerprint density at radius 3 is 2.38 bits per heavy atom. The van der Waals surface area contributed by atoms with Crippen molar-refractivity contribution in [1.29, 1.82) is 0 Å². The number of sulfonamides is 1. The number of rotatable bonds is 6. The predicted octanol–water partition coefficient (Wildman–Crippen LogP) is 4.35. The number of nitrogens with one attached hydrogen (secondary N) is 1. The topological polar surface area (TPSA) is 138 Å². The molecule has 204 valence electrons. The number of alkyl halides is 3. The van der Waals surface area contributed by atoms with Crippen LogP contribution in [0.4, 0.5) is 18.9 Å². The Labute approximate surface area is 225 Å². The van der Waals surface area contributed by atoms with Crippen molar-refractivity contribution in [1.82, 2.24) is 24.5 Å². The molecule has 2 heterocycles. The summed E-state index contributed by atoms with van der Waals surface area (Å²) in [7, 11) is -3.84. The lowest BCUT2D eigenvalue weighted by atomic mass is 10.1. The van der Waals surface area contributed by atoms with E-state index in [4.69, 9.17) is 5.14 Å². The number of hydrogen-bond acceptors (Lipinski definition) is 6. The molecule has 1 amide bonds. The Morgan fingerprint density at radius 2 is 1.73 bits per heavy atom. The summed E-state index contributed by atoms with van der Waals surface area (Å²) in [6.45, 7) is 1.70. The van der Waals surface area contributed by atoms with Gasteiger partial charge >= 0.3 is 6.18 Å². The molecule has 3 aromatic carbocycles. The summed E-state index contributed by atoms with van der Waals surface area (Å²) in [5, 5.41) is 15.9. The molecule has 0 fully saturated rings. The molecule has 0 aliphatic heterocycles. The lowest BCUT2D eigenvalue weighted by Gasteiger charge is -2.13. The second-order valence-electron chi connectivity index (χ2n) is 8.81. The van der Waals surface area contributed by atoms with E-state index in [1.165, 1.54) is 45.9 Å². The summed E-state index contributed by atoms with van der Waals surface area (Å²) in [6.07, 6.45) is -0.135. The van der Waals surface area contributed by atoms with Gasteiger partial charge in [-0.15, -0.1) is 5.10 Å². The molecule has 10 nitrogen and oxygen atoms in total. The van der Waals surface area contributed by atoms with Crippen LogP contribution in [0, 0.1) is 6.92 Å². The molecular formula is C26H20F3N7O3S. The lowest BCUT2D eigenvalue weighted by Crippen LogP contribution is -2.15. The predicted molar refractivity (Wildman–Crippen MR) is 139 cm³/mol. The van der Waals surface area contributed by atoms with E-state index in [0.29, 0.717) is 28.3 Å². The Balaban J connectivity index is 1.39. The second kappa shape index (κ2) is 10.1. The average molecular weight is 568 g/mol. The van der Waals surface area contributed by atoms with E-state index in [0.717, 1.165) is 12.1 Å². The van der Waals surface area contributed by atoms with E-state index >= 15 is 0 Å². The number of halogens is 3. The Kier molecular flexibility index (Phi) is 6.73. The number of carbonyl (C=O) groups excluding carboxylic acids is 1. The van der Waals surface area contributed by atoms with Gasteiger partial charge in [0.2, 0.25) is 10.0 Å². The summed E-state index contributed by atoms with van der Waals surface area (Å²) < 4.78 is 66.6. The molecule has 5 aromatic rings. The SMILES string of the molecule is Cc1cn(-c2cc(C(=O)Nc3cccc(-c4cn(-c5ccc(S(N)(=O)=O)cc5)nn4)c3)cc(C(F)(F)F)c2)cn1. The van der Waals surface area contributed by atoms with Gasteiger partial charge in [0.15, 0.2) is 0 Å². The van der Waals surface area contributed by atoms with E-state index in [2.05, 4.69) is 20.6 Å². The standard InChI is InChI=1S/C26H20F3N7O3S/c1-16-13-35(15-31-16)22-11-18(9-19(12-22)26(27,28)29)25(37)32-20-4-2-3-17(10-20)24-14-36(34-33-24)21-5-7-23(8-6-21)40(30,38)39/h2-15H,1H3,(H,32,37)(H2,30,38,39). The van der Waals surface area contributed by atoms with E-state index in [1.54, 1.807) is 43.6 Å². The first-order valence-corrected chi connectivity index (χ1v) is 13.1. The number of nitrogens with zero attached hydrogens (tertiary/aromatic N) is 5. The van der Waals surface area contributed by atoms with Crippen molar-refractivity contribution in [3.8, 4) is 22.6 Å². The summed E-state index contributed by atoms with van der Waals surface area (Å²) in [5.41, 5.74) is 1.46. The van der Waals surface area contributed by atoms with Crippen LogP contribution >= 0.6 is 0 Å². The minimum absolute atomic E-state index is 0.0481. The van der Waals surface area contributed by atoms with Gasteiger partial charge < -0.3 is 9.88 Å². The van der Waals surface area contributed by atoms with Crippen LogP contribution in [0.2, 0.25) is 0 Å². The molecule has 3 N–H and O–H groups in total. The third kappa shape index (κ3) is 5.77. The highest BCUT2D eigenvalue weighted by Crippen LogP contribution is 2.32. The Bertz CT molecular complexity index is 1830. The average Bonchev–Trinajstić information content (AvgIpc) is 3.57. The number of primary sulfonamides is 1. The number of aromatic nitrogens is 5. The minimum atomic E-state index is -4.66. The van der Waals surface area contributed by atoms with Crippen LogP contribution in [0.15, 0.2) is 90.3 Å². The molecule has 40 heavy (non-hydrogen) atoms. The minimum Gasteiger partial charge on any atom is -0.322 e. The third-order valence-electron chi connectivity index (χ3n) is 5.86.